The average Bonchev–Trinajstić information content (AvgIpc) is 3.01. The van der Waals surface area contributed by atoms with E-state index < -0.39 is 0 Å². The number of ketones is 1. The maximum absolute atomic E-state index is 12.1. The first-order valence-corrected chi connectivity index (χ1v) is 11.6. The number of fused-ring (bicyclic) bond motifs is 5. The lowest BCUT2D eigenvalue weighted by Crippen LogP contribution is -2.53. The Morgan fingerprint density at radius 1 is 1.04 bits per heavy atom. The van der Waals surface area contributed by atoms with Crippen LogP contribution in [-0.2, 0) is 4.79 Å². The van der Waals surface area contributed by atoms with Crippen molar-refractivity contribution in [1.82, 2.24) is 4.90 Å². The molecule has 148 valence electrons. The molecule has 0 aromatic rings. The number of carbonyl (C=O) groups is 1. The predicted molar refractivity (Wildman–Crippen MR) is 110 cm³/mol. The van der Waals surface area contributed by atoms with Crippen LogP contribution in [-0.4, -0.2) is 23.8 Å². The van der Waals surface area contributed by atoms with E-state index in [0.717, 1.165) is 37.0 Å². The smallest absolute Gasteiger partial charge is 0.136 e. The van der Waals surface area contributed by atoms with E-state index in [1.54, 1.807) is 5.70 Å². The molecule has 5 rings (SSSR count). The van der Waals surface area contributed by atoms with Crippen molar-refractivity contribution in [3.05, 3.63) is 23.4 Å². The molecule has 4 aliphatic carbocycles. The van der Waals surface area contributed by atoms with Crippen molar-refractivity contribution in [2.24, 2.45) is 34.5 Å². The maximum Gasteiger partial charge on any atom is 0.136 e. The third kappa shape index (κ3) is 2.54. The van der Waals surface area contributed by atoms with Gasteiger partial charge in [0.2, 0.25) is 0 Å². The van der Waals surface area contributed by atoms with Crippen molar-refractivity contribution in [2.75, 3.05) is 13.1 Å². The first-order valence-electron chi connectivity index (χ1n) is 11.6. The lowest BCUT2D eigenvalue weighted by molar-refractivity contribution is -0.122. The molecule has 0 aromatic carbocycles. The Balaban J connectivity index is 1.47. The Morgan fingerprint density at radius 2 is 1.81 bits per heavy atom. The molecule has 2 saturated carbocycles. The minimum atomic E-state index is 0.292. The highest BCUT2D eigenvalue weighted by molar-refractivity contribution is 5.82. The fourth-order valence-corrected chi connectivity index (χ4v) is 8.01. The molecular formula is C25H37NO. The monoisotopic (exact) mass is 367 g/mol. The topological polar surface area (TPSA) is 20.3 Å². The quantitative estimate of drug-likeness (QED) is 0.550. The SMILES string of the molecule is CC1C=C2CC(=O)CC[C@]2(C)[C@@H]2CC[C@]3(C)C(N4CCCCC4)=CC[C@H]3[C@H]12. The number of rotatable bonds is 1. The van der Waals surface area contributed by atoms with Gasteiger partial charge in [0.15, 0.2) is 0 Å². The van der Waals surface area contributed by atoms with Crippen LogP contribution in [0.5, 0.6) is 0 Å². The summed E-state index contributed by atoms with van der Waals surface area (Å²) in [7, 11) is 0. The zero-order chi connectivity index (χ0) is 18.8. The molecule has 6 atom stereocenters. The molecule has 3 fully saturated rings. The number of piperidine rings is 1. The second kappa shape index (κ2) is 6.22. The lowest BCUT2D eigenvalue weighted by atomic mass is 9.46. The largest absolute Gasteiger partial charge is 0.375 e. The number of hydrogen-bond donors (Lipinski definition) is 0. The molecule has 0 radical (unpaired) electrons. The summed E-state index contributed by atoms with van der Waals surface area (Å²) in [6.45, 7) is 10.1. The van der Waals surface area contributed by atoms with E-state index in [-0.39, 0.29) is 0 Å². The molecule has 0 amide bonds. The van der Waals surface area contributed by atoms with Crippen LogP contribution in [0.15, 0.2) is 23.4 Å². The molecule has 2 heteroatoms. The molecule has 0 N–H and O–H groups in total. The zero-order valence-electron chi connectivity index (χ0n) is 17.6. The first kappa shape index (κ1) is 18.0. The van der Waals surface area contributed by atoms with Gasteiger partial charge >= 0.3 is 0 Å². The van der Waals surface area contributed by atoms with Gasteiger partial charge in [0.1, 0.15) is 5.78 Å². The lowest BCUT2D eigenvalue weighted by Gasteiger charge is -2.59. The molecule has 27 heavy (non-hydrogen) atoms. The average molecular weight is 368 g/mol. The van der Waals surface area contributed by atoms with Gasteiger partial charge in [0.05, 0.1) is 0 Å². The van der Waals surface area contributed by atoms with Gasteiger partial charge in [0, 0.05) is 37.0 Å². The van der Waals surface area contributed by atoms with Crippen LogP contribution >= 0.6 is 0 Å². The summed E-state index contributed by atoms with van der Waals surface area (Å²) in [5.41, 5.74) is 3.88. The van der Waals surface area contributed by atoms with Crippen molar-refractivity contribution in [3.63, 3.8) is 0 Å². The summed E-state index contributed by atoms with van der Waals surface area (Å²) in [6, 6.07) is 0. The molecule has 0 spiro atoms. The van der Waals surface area contributed by atoms with E-state index >= 15 is 0 Å². The van der Waals surface area contributed by atoms with E-state index in [0.29, 0.717) is 22.5 Å². The van der Waals surface area contributed by atoms with Crippen molar-refractivity contribution >= 4 is 5.78 Å². The molecule has 0 aromatic heterocycles. The molecule has 1 unspecified atom stereocenters. The van der Waals surface area contributed by atoms with Crippen LogP contribution in [0.25, 0.3) is 0 Å². The Morgan fingerprint density at radius 3 is 2.59 bits per heavy atom. The number of Topliss-reactive ketones (excluding diaryl/α,β-unsaturated/α-hetero) is 1. The number of carbonyl (C=O) groups excluding carboxylic acids is 1. The third-order valence-corrected chi connectivity index (χ3v) is 9.50. The van der Waals surface area contributed by atoms with Crippen LogP contribution in [0.4, 0.5) is 0 Å². The summed E-state index contributed by atoms with van der Waals surface area (Å²) in [6.07, 6.45) is 16.0. The van der Waals surface area contributed by atoms with Gasteiger partial charge in [-0.2, -0.15) is 0 Å². The number of allylic oxidation sites excluding steroid dienone is 4. The third-order valence-electron chi connectivity index (χ3n) is 9.50. The molecule has 0 bridgehead atoms. The van der Waals surface area contributed by atoms with E-state index in [4.69, 9.17) is 0 Å². The van der Waals surface area contributed by atoms with Gasteiger partial charge in [-0.25, -0.2) is 0 Å². The van der Waals surface area contributed by atoms with Crippen LogP contribution < -0.4 is 0 Å². The minimum Gasteiger partial charge on any atom is -0.375 e. The Hall–Kier alpha value is -1.05. The van der Waals surface area contributed by atoms with E-state index in [1.807, 2.05) is 0 Å². The van der Waals surface area contributed by atoms with Crippen LogP contribution in [0, 0.1) is 34.5 Å². The number of nitrogens with zero attached hydrogens (tertiary/aromatic N) is 1. The minimum absolute atomic E-state index is 0.292. The molecule has 1 saturated heterocycles. The molecule has 1 aliphatic heterocycles. The maximum atomic E-state index is 12.1. The first-order chi connectivity index (χ1) is 12.9. The van der Waals surface area contributed by atoms with Crippen molar-refractivity contribution in [1.29, 1.82) is 0 Å². The van der Waals surface area contributed by atoms with Crippen molar-refractivity contribution < 1.29 is 4.79 Å². The van der Waals surface area contributed by atoms with E-state index in [2.05, 4.69) is 37.8 Å². The van der Waals surface area contributed by atoms with Crippen LogP contribution in [0.2, 0.25) is 0 Å². The Labute approximate surface area is 165 Å². The standard InChI is InChI=1S/C25H37NO/c1-17-15-18-16-19(27)9-11-24(18,2)21-10-12-25(3)20(23(17)21)7-8-22(25)26-13-5-4-6-14-26/h8,15,17,20-21,23H,4-7,9-14,16H2,1-3H3/t17?,20-,21+,23-,24-,25-/m0/s1. The van der Waals surface area contributed by atoms with Crippen LogP contribution in [0.1, 0.15) is 78.6 Å². The predicted octanol–water partition coefficient (Wildman–Crippen LogP) is 5.74. The van der Waals surface area contributed by atoms with E-state index in [9.17, 15) is 4.79 Å². The summed E-state index contributed by atoms with van der Waals surface area (Å²) in [5.74, 6) is 3.48. The van der Waals surface area contributed by atoms with Gasteiger partial charge in [-0.05, 0) is 74.0 Å². The van der Waals surface area contributed by atoms with Gasteiger partial charge in [-0.15, -0.1) is 0 Å². The normalized spacial score (nSPS) is 46.9. The fraction of sp³-hybridized carbons (Fsp3) is 0.800. The second-order valence-electron chi connectivity index (χ2n) is 10.8. The van der Waals surface area contributed by atoms with Crippen molar-refractivity contribution in [2.45, 2.75) is 78.6 Å². The summed E-state index contributed by atoms with van der Waals surface area (Å²) in [4.78, 5) is 14.9. The summed E-state index contributed by atoms with van der Waals surface area (Å²) >= 11 is 0. The molecule has 1 heterocycles. The zero-order valence-corrected chi connectivity index (χ0v) is 17.6. The fourth-order valence-electron chi connectivity index (χ4n) is 8.01. The van der Waals surface area contributed by atoms with Gasteiger partial charge in [-0.3, -0.25) is 4.79 Å². The van der Waals surface area contributed by atoms with Crippen molar-refractivity contribution in [3.8, 4) is 0 Å². The van der Waals surface area contributed by atoms with Gasteiger partial charge < -0.3 is 4.90 Å². The Bertz CT molecular complexity index is 699. The Kier molecular flexibility index (Phi) is 4.15. The summed E-state index contributed by atoms with van der Waals surface area (Å²) in [5, 5.41) is 0. The van der Waals surface area contributed by atoms with Crippen LogP contribution in [0.3, 0.4) is 0 Å². The van der Waals surface area contributed by atoms with Gasteiger partial charge in [-0.1, -0.05) is 38.5 Å². The van der Waals surface area contributed by atoms with E-state index in [1.165, 1.54) is 57.2 Å². The number of hydrogen-bond acceptors (Lipinski definition) is 2. The summed E-state index contributed by atoms with van der Waals surface area (Å²) < 4.78 is 0. The second-order valence-corrected chi connectivity index (χ2v) is 10.8. The molecular weight excluding hydrogens is 330 g/mol. The molecule has 5 aliphatic rings. The number of likely N-dealkylation sites (tertiary alicyclic amines) is 1. The van der Waals surface area contributed by atoms with Gasteiger partial charge in [0.25, 0.3) is 0 Å². The highest BCUT2D eigenvalue weighted by atomic mass is 16.1. The molecule has 2 nitrogen and oxygen atoms in total. The highest BCUT2D eigenvalue weighted by Crippen LogP contribution is 2.66. The highest BCUT2D eigenvalue weighted by Gasteiger charge is 2.58.